The number of anilines is 1. The van der Waals surface area contributed by atoms with Gasteiger partial charge in [0.2, 0.25) is 0 Å². The van der Waals surface area contributed by atoms with Gasteiger partial charge in [0.05, 0.1) is 22.1 Å². The van der Waals surface area contributed by atoms with Crippen molar-refractivity contribution in [2.75, 3.05) is 18.0 Å². The number of nitrogens with zero attached hydrogens (tertiary/aromatic N) is 3. The van der Waals surface area contributed by atoms with Gasteiger partial charge in [0.25, 0.3) is 0 Å². The minimum absolute atomic E-state index is 0.956. The molecule has 0 atom stereocenters. The monoisotopic (exact) mass is 265 g/mol. The van der Waals surface area contributed by atoms with Gasteiger partial charge >= 0.3 is 0 Å². The van der Waals surface area contributed by atoms with Crippen LogP contribution in [0.5, 0.6) is 0 Å². The minimum Gasteiger partial charge on any atom is -0.372 e. The Labute approximate surface area is 119 Å². The van der Waals surface area contributed by atoms with E-state index in [1.165, 1.54) is 11.3 Å². The van der Waals surface area contributed by atoms with Crippen molar-refractivity contribution in [2.24, 2.45) is 0 Å². The van der Waals surface area contributed by atoms with Crippen molar-refractivity contribution in [3.05, 3.63) is 42.0 Å². The van der Waals surface area contributed by atoms with E-state index in [0.29, 0.717) is 0 Å². The fourth-order valence-electron chi connectivity index (χ4n) is 2.56. The summed E-state index contributed by atoms with van der Waals surface area (Å²) in [6, 6.07) is 12.5. The van der Waals surface area contributed by atoms with Crippen molar-refractivity contribution in [1.29, 1.82) is 0 Å². The predicted molar refractivity (Wildman–Crippen MR) is 85.3 cm³/mol. The molecule has 0 radical (unpaired) electrons. The van der Waals surface area contributed by atoms with E-state index in [9.17, 15) is 0 Å². The van der Waals surface area contributed by atoms with E-state index < -0.39 is 0 Å². The Balaban J connectivity index is 2.20. The van der Waals surface area contributed by atoms with Crippen LogP contribution in [0.4, 0.5) is 5.69 Å². The topological polar surface area (TPSA) is 29.0 Å². The molecule has 20 heavy (non-hydrogen) atoms. The summed E-state index contributed by atoms with van der Waals surface area (Å²) >= 11 is 0. The van der Waals surface area contributed by atoms with Gasteiger partial charge in [-0.25, -0.2) is 9.97 Å². The van der Waals surface area contributed by atoms with Gasteiger partial charge in [-0.15, -0.1) is 0 Å². The van der Waals surface area contributed by atoms with Crippen LogP contribution in [-0.2, 0) is 0 Å². The molecule has 3 aromatic rings. The van der Waals surface area contributed by atoms with Crippen LogP contribution in [0.1, 0.15) is 19.4 Å². The Bertz CT molecular complexity index is 761. The highest BCUT2D eigenvalue weighted by molar-refractivity contribution is 5.88. The molecule has 102 valence electrons. The van der Waals surface area contributed by atoms with Gasteiger partial charge in [-0.05, 0) is 56.7 Å². The lowest BCUT2D eigenvalue weighted by Crippen LogP contribution is -2.21. The van der Waals surface area contributed by atoms with E-state index in [2.05, 4.69) is 61.0 Å². The molecule has 0 amide bonds. The molecule has 0 saturated heterocycles. The molecule has 0 saturated carbocycles. The Morgan fingerprint density at radius 2 is 1.40 bits per heavy atom. The molecule has 3 heteroatoms. The molecular weight excluding hydrogens is 246 g/mol. The summed E-state index contributed by atoms with van der Waals surface area (Å²) in [6.45, 7) is 8.42. The number of hydrogen-bond donors (Lipinski definition) is 0. The van der Waals surface area contributed by atoms with Gasteiger partial charge in [-0.1, -0.05) is 6.07 Å². The molecule has 0 unspecified atom stereocenters. The second-order valence-corrected chi connectivity index (χ2v) is 5.06. The van der Waals surface area contributed by atoms with Crippen molar-refractivity contribution >= 4 is 27.8 Å². The second kappa shape index (κ2) is 5.08. The largest absolute Gasteiger partial charge is 0.372 e. The fourth-order valence-corrected chi connectivity index (χ4v) is 2.56. The third kappa shape index (κ3) is 2.20. The van der Waals surface area contributed by atoms with Crippen molar-refractivity contribution in [3.63, 3.8) is 0 Å². The molecule has 0 spiro atoms. The number of aromatic nitrogens is 2. The lowest BCUT2D eigenvalue weighted by atomic mass is 10.2. The third-order valence-corrected chi connectivity index (χ3v) is 3.70. The zero-order valence-electron chi connectivity index (χ0n) is 12.2. The van der Waals surface area contributed by atoms with E-state index in [-0.39, 0.29) is 0 Å². The number of hydrogen-bond acceptors (Lipinski definition) is 3. The first-order chi connectivity index (χ1) is 9.71. The Kier molecular flexibility index (Phi) is 3.26. The molecule has 3 rings (SSSR count). The molecule has 1 aromatic heterocycles. The van der Waals surface area contributed by atoms with E-state index in [0.717, 1.165) is 35.2 Å². The molecule has 1 heterocycles. The number of rotatable bonds is 3. The highest BCUT2D eigenvalue weighted by Gasteiger charge is 2.06. The fraction of sp³-hybridized carbons (Fsp3) is 0.294. The standard InChI is InChI=1S/C17H19N3/c1-4-20(5-2)13-7-9-15-17(11-13)19-16-10-12(3)6-8-14(16)18-15/h6-11H,4-5H2,1-3H3. The van der Waals surface area contributed by atoms with E-state index in [1.807, 2.05) is 6.07 Å². The van der Waals surface area contributed by atoms with Gasteiger partial charge in [0.1, 0.15) is 0 Å². The zero-order chi connectivity index (χ0) is 14.1. The van der Waals surface area contributed by atoms with Gasteiger partial charge in [0.15, 0.2) is 0 Å². The normalized spacial score (nSPS) is 11.2. The second-order valence-electron chi connectivity index (χ2n) is 5.06. The number of aryl methyl sites for hydroxylation is 1. The van der Waals surface area contributed by atoms with Crippen LogP contribution in [0, 0.1) is 6.92 Å². The van der Waals surface area contributed by atoms with Crippen molar-refractivity contribution in [2.45, 2.75) is 20.8 Å². The Morgan fingerprint density at radius 1 is 0.800 bits per heavy atom. The van der Waals surface area contributed by atoms with Gasteiger partial charge in [0, 0.05) is 18.8 Å². The summed E-state index contributed by atoms with van der Waals surface area (Å²) in [4.78, 5) is 11.8. The average Bonchev–Trinajstić information content (AvgIpc) is 2.46. The van der Waals surface area contributed by atoms with E-state index in [4.69, 9.17) is 4.98 Å². The average molecular weight is 265 g/mol. The molecular formula is C17H19N3. The summed E-state index contributed by atoms with van der Waals surface area (Å²) in [5, 5.41) is 0. The summed E-state index contributed by atoms with van der Waals surface area (Å²) in [6.07, 6.45) is 0. The smallest absolute Gasteiger partial charge is 0.0915 e. The molecule has 0 bridgehead atoms. The third-order valence-electron chi connectivity index (χ3n) is 3.70. The van der Waals surface area contributed by atoms with E-state index >= 15 is 0 Å². The zero-order valence-corrected chi connectivity index (χ0v) is 12.2. The maximum absolute atomic E-state index is 4.76. The van der Waals surface area contributed by atoms with Gasteiger partial charge < -0.3 is 4.90 Å². The lowest BCUT2D eigenvalue weighted by Gasteiger charge is -2.21. The number of benzene rings is 2. The van der Waals surface area contributed by atoms with Gasteiger partial charge in [-0.3, -0.25) is 0 Å². The summed E-state index contributed by atoms with van der Waals surface area (Å²) in [7, 11) is 0. The maximum atomic E-state index is 4.76. The molecule has 0 aliphatic heterocycles. The quantitative estimate of drug-likeness (QED) is 0.672. The van der Waals surface area contributed by atoms with Crippen LogP contribution in [0.2, 0.25) is 0 Å². The molecule has 0 N–H and O–H groups in total. The van der Waals surface area contributed by atoms with Crippen molar-refractivity contribution in [1.82, 2.24) is 9.97 Å². The van der Waals surface area contributed by atoms with Crippen molar-refractivity contribution < 1.29 is 0 Å². The summed E-state index contributed by atoms with van der Waals surface area (Å²) < 4.78 is 0. The Morgan fingerprint density at radius 3 is 2.10 bits per heavy atom. The SMILES string of the molecule is CCN(CC)c1ccc2nc3ccc(C)cc3nc2c1. The summed E-state index contributed by atoms with van der Waals surface area (Å²) in [5.74, 6) is 0. The highest BCUT2D eigenvalue weighted by atomic mass is 15.1. The van der Waals surface area contributed by atoms with Crippen LogP contribution >= 0.6 is 0 Å². The highest BCUT2D eigenvalue weighted by Crippen LogP contribution is 2.22. The van der Waals surface area contributed by atoms with Crippen LogP contribution in [0.3, 0.4) is 0 Å². The van der Waals surface area contributed by atoms with Gasteiger partial charge in [-0.2, -0.15) is 0 Å². The van der Waals surface area contributed by atoms with Crippen molar-refractivity contribution in [3.8, 4) is 0 Å². The molecule has 0 aliphatic carbocycles. The van der Waals surface area contributed by atoms with Crippen LogP contribution in [0.25, 0.3) is 22.1 Å². The maximum Gasteiger partial charge on any atom is 0.0915 e. The Hall–Kier alpha value is -2.16. The molecule has 2 aromatic carbocycles. The first-order valence-corrected chi connectivity index (χ1v) is 7.14. The summed E-state index contributed by atoms with van der Waals surface area (Å²) in [5.41, 5.74) is 6.27. The molecule has 3 nitrogen and oxygen atoms in total. The first kappa shape index (κ1) is 12.9. The first-order valence-electron chi connectivity index (χ1n) is 7.14. The van der Waals surface area contributed by atoms with Crippen LogP contribution in [0.15, 0.2) is 36.4 Å². The molecule has 0 fully saturated rings. The minimum atomic E-state index is 0.956. The van der Waals surface area contributed by atoms with Crippen LogP contribution < -0.4 is 4.90 Å². The number of fused-ring (bicyclic) bond motifs is 2. The van der Waals surface area contributed by atoms with Crippen LogP contribution in [-0.4, -0.2) is 23.1 Å². The molecule has 0 aliphatic rings. The van der Waals surface area contributed by atoms with E-state index in [1.54, 1.807) is 0 Å². The predicted octanol–water partition coefficient (Wildman–Crippen LogP) is 3.94. The lowest BCUT2D eigenvalue weighted by molar-refractivity contribution is 0.867.